The van der Waals surface area contributed by atoms with Crippen molar-refractivity contribution < 1.29 is 4.79 Å². The zero-order valence-electron chi connectivity index (χ0n) is 5.39. The first-order valence-corrected chi connectivity index (χ1v) is 3.10. The van der Waals surface area contributed by atoms with E-state index in [1.807, 2.05) is 0 Å². The SMILES string of the molecule is C=C[C@H]1CCC(=O)C1=C. The van der Waals surface area contributed by atoms with Crippen LogP contribution in [0.5, 0.6) is 0 Å². The smallest absolute Gasteiger partial charge is 0.158 e. The van der Waals surface area contributed by atoms with Crippen LogP contribution in [0.4, 0.5) is 0 Å². The Labute approximate surface area is 55.1 Å². The average molecular weight is 122 g/mol. The lowest BCUT2D eigenvalue weighted by Crippen LogP contribution is -1.94. The molecule has 1 rings (SSSR count). The Hall–Kier alpha value is -0.850. The van der Waals surface area contributed by atoms with Gasteiger partial charge in [-0.3, -0.25) is 4.79 Å². The van der Waals surface area contributed by atoms with E-state index in [2.05, 4.69) is 13.2 Å². The Kier molecular flexibility index (Phi) is 1.52. The second-order valence-corrected chi connectivity index (χ2v) is 2.33. The van der Waals surface area contributed by atoms with Crippen LogP contribution < -0.4 is 0 Å². The Bertz CT molecular complexity index is 167. The highest BCUT2D eigenvalue weighted by Crippen LogP contribution is 2.26. The van der Waals surface area contributed by atoms with Gasteiger partial charge in [-0.2, -0.15) is 0 Å². The minimum absolute atomic E-state index is 0.208. The van der Waals surface area contributed by atoms with Crippen molar-refractivity contribution in [2.24, 2.45) is 5.92 Å². The Balaban J connectivity index is 2.73. The molecule has 1 atom stereocenters. The molecule has 0 radical (unpaired) electrons. The molecule has 1 heteroatoms. The third kappa shape index (κ3) is 0.947. The van der Waals surface area contributed by atoms with Gasteiger partial charge in [0.25, 0.3) is 0 Å². The fourth-order valence-corrected chi connectivity index (χ4v) is 1.09. The van der Waals surface area contributed by atoms with E-state index in [1.54, 1.807) is 6.08 Å². The maximum absolute atomic E-state index is 10.8. The Morgan fingerprint density at radius 1 is 1.67 bits per heavy atom. The van der Waals surface area contributed by atoms with E-state index < -0.39 is 0 Å². The van der Waals surface area contributed by atoms with Crippen molar-refractivity contribution in [2.45, 2.75) is 12.8 Å². The molecule has 1 aliphatic rings. The van der Waals surface area contributed by atoms with Gasteiger partial charge in [-0.05, 0) is 12.0 Å². The van der Waals surface area contributed by atoms with Crippen molar-refractivity contribution in [3.05, 3.63) is 24.8 Å². The first-order valence-electron chi connectivity index (χ1n) is 3.10. The maximum Gasteiger partial charge on any atom is 0.158 e. The highest BCUT2D eigenvalue weighted by atomic mass is 16.1. The quantitative estimate of drug-likeness (QED) is 0.382. The lowest BCUT2D eigenvalue weighted by molar-refractivity contribution is -0.114. The first kappa shape index (κ1) is 6.27. The fourth-order valence-electron chi connectivity index (χ4n) is 1.09. The van der Waals surface area contributed by atoms with Crippen molar-refractivity contribution in [1.82, 2.24) is 0 Å². The monoisotopic (exact) mass is 122 g/mol. The van der Waals surface area contributed by atoms with Gasteiger partial charge in [0.1, 0.15) is 0 Å². The van der Waals surface area contributed by atoms with Crippen molar-refractivity contribution >= 4 is 5.78 Å². The van der Waals surface area contributed by atoms with Gasteiger partial charge in [-0.15, -0.1) is 6.58 Å². The molecule has 1 nitrogen and oxygen atoms in total. The van der Waals surface area contributed by atoms with Crippen LogP contribution in [-0.2, 0) is 4.79 Å². The molecule has 0 aromatic carbocycles. The number of carbonyl (C=O) groups is 1. The minimum atomic E-state index is 0.208. The molecule has 0 aromatic rings. The van der Waals surface area contributed by atoms with Crippen LogP contribution in [0.25, 0.3) is 0 Å². The third-order valence-electron chi connectivity index (χ3n) is 1.77. The molecule has 9 heavy (non-hydrogen) atoms. The highest BCUT2D eigenvalue weighted by molar-refractivity contribution is 5.97. The number of Topliss-reactive ketones (excluding diaryl/α,β-unsaturated/α-hetero) is 1. The normalized spacial score (nSPS) is 26.9. The average Bonchev–Trinajstić information content (AvgIpc) is 2.15. The molecule has 0 saturated heterocycles. The summed E-state index contributed by atoms with van der Waals surface area (Å²) in [5.74, 6) is 0.470. The highest BCUT2D eigenvalue weighted by Gasteiger charge is 2.23. The third-order valence-corrected chi connectivity index (χ3v) is 1.77. The van der Waals surface area contributed by atoms with Gasteiger partial charge < -0.3 is 0 Å². The van der Waals surface area contributed by atoms with E-state index >= 15 is 0 Å². The van der Waals surface area contributed by atoms with E-state index in [-0.39, 0.29) is 11.7 Å². The molecular formula is C8H10O. The van der Waals surface area contributed by atoms with Crippen LogP contribution in [0.2, 0.25) is 0 Å². The van der Waals surface area contributed by atoms with Gasteiger partial charge in [0.15, 0.2) is 5.78 Å². The molecule has 0 spiro atoms. The molecule has 1 aliphatic carbocycles. The first-order chi connectivity index (χ1) is 4.25. The molecule has 0 bridgehead atoms. The Morgan fingerprint density at radius 2 is 2.33 bits per heavy atom. The molecule has 0 unspecified atom stereocenters. The van der Waals surface area contributed by atoms with E-state index in [9.17, 15) is 4.79 Å². The number of rotatable bonds is 1. The fraction of sp³-hybridized carbons (Fsp3) is 0.375. The van der Waals surface area contributed by atoms with Crippen LogP contribution in [-0.4, -0.2) is 5.78 Å². The topological polar surface area (TPSA) is 17.1 Å². The zero-order chi connectivity index (χ0) is 6.85. The zero-order valence-corrected chi connectivity index (χ0v) is 5.39. The van der Waals surface area contributed by atoms with E-state index in [0.717, 1.165) is 12.0 Å². The lowest BCUT2D eigenvalue weighted by atomic mass is 10.1. The summed E-state index contributed by atoms with van der Waals surface area (Å²) in [7, 11) is 0. The standard InChI is InChI=1S/C8H10O/c1-3-7-4-5-8(9)6(7)2/h3,7H,1-2,4-5H2/t7-/m0/s1. The molecule has 0 aromatic heterocycles. The summed E-state index contributed by atoms with van der Waals surface area (Å²) >= 11 is 0. The minimum Gasteiger partial charge on any atom is -0.295 e. The Morgan fingerprint density at radius 3 is 2.56 bits per heavy atom. The molecular weight excluding hydrogens is 112 g/mol. The molecule has 1 fully saturated rings. The van der Waals surface area contributed by atoms with E-state index in [4.69, 9.17) is 0 Å². The van der Waals surface area contributed by atoms with Crippen LogP contribution in [0.3, 0.4) is 0 Å². The van der Waals surface area contributed by atoms with Crippen LogP contribution in [0.15, 0.2) is 24.8 Å². The van der Waals surface area contributed by atoms with E-state index in [0.29, 0.717) is 6.42 Å². The van der Waals surface area contributed by atoms with Crippen LogP contribution in [0.1, 0.15) is 12.8 Å². The van der Waals surface area contributed by atoms with E-state index in [1.165, 1.54) is 0 Å². The molecule has 0 N–H and O–H groups in total. The number of hydrogen-bond acceptors (Lipinski definition) is 1. The van der Waals surface area contributed by atoms with Gasteiger partial charge in [0.2, 0.25) is 0 Å². The van der Waals surface area contributed by atoms with Crippen molar-refractivity contribution in [1.29, 1.82) is 0 Å². The number of carbonyl (C=O) groups excluding carboxylic acids is 1. The van der Waals surface area contributed by atoms with Gasteiger partial charge in [-0.1, -0.05) is 12.7 Å². The summed E-state index contributed by atoms with van der Waals surface area (Å²) in [6, 6.07) is 0. The van der Waals surface area contributed by atoms with Crippen LogP contribution >= 0.6 is 0 Å². The van der Waals surface area contributed by atoms with Gasteiger partial charge in [0, 0.05) is 12.3 Å². The molecule has 1 saturated carbocycles. The van der Waals surface area contributed by atoms with Crippen molar-refractivity contribution in [3.8, 4) is 0 Å². The second-order valence-electron chi connectivity index (χ2n) is 2.33. The van der Waals surface area contributed by atoms with Gasteiger partial charge in [0.05, 0.1) is 0 Å². The maximum atomic E-state index is 10.8. The number of allylic oxidation sites excluding steroid dienone is 2. The second kappa shape index (κ2) is 2.18. The summed E-state index contributed by atoms with van der Waals surface area (Å²) in [4.78, 5) is 10.8. The lowest BCUT2D eigenvalue weighted by Gasteiger charge is -1.98. The largest absolute Gasteiger partial charge is 0.295 e. The summed E-state index contributed by atoms with van der Waals surface area (Å²) in [6.07, 6.45) is 3.38. The number of ketones is 1. The van der Waals surface area contributed by atoms with Crippen LogP contribution in [0, 0.1) is 5.92 Å². The summed E-state index contributed by atoms with van der Waals surface area (Å²) < 4.78 is 0. The van der Waals surface area contributed by atoms with Gasteiger partial charge in [-0.25, -0.2) is 0 Å². The summed E-state index contributed by atoms with van der Waals surface area (Å²) in [5.41, 5.74) is 0.741. The molecule has 48 valence electrons. The summed E-state index contributed by atoms with van der Waals surface area (Å²) in [6.45, 7) is 7.28. The van der Waals surface area contributed by atoms with Crippen molar-refractivity contribution in [2.75, 3.05) is 0 Å². The molecule has 0 aliphatic heterocycles. The van der Waals surface area contributed by atoms with Crippen molar-refractivity contribution in [3.63, 3.8) is 0 Å². The molecule has 0 amide bonds. The summed E-state index contributed by atoms with van der Waals surface area (Å²) in [5, 5.41) is 0. The van der Waals surface area contributed by atoms with Gasteiger partial charge >= 0.3 is 0 Å². The number of hydrogen-bond donors (Lipinski definition) is 0. The predicted molar refractivity (Wildman–Crippen MR) is 37.1 cm³/mol. The predicted octanol–water partition coefficient (Wildman–Crippen LogP) is 1.71. The molecule has 0 heterocycles.